The van der Waals surface area contributed by atoms with E-state index in [0.717, 1.165) is 35.2 Å². The zero-order valence-corrected chi connectivity index (χ0v) is 16.2. The average Bonchev–Trinajstić information content (AvgIpc) is 3.00. The van der Waals surface area contributed by atoms with Crippen LogP contribution in [0.25, 0.3) is 10.2 Å². The van der Waals surface area contributed by atoms with Crippen molar-refractivity contribution in [3.8, 4) is 0 Å². The Morgan fingerprint density at radius 3 is 2.88 bits per heavy atom. The Morgan fingerprint density at radius 2 is 2.12 bits per heavy atom. The maximum atomic E-state index is 12.7. The Kier molecular flexibility index (Phi) is 4.54. The summed E-state index contributed by atoms with van der Waals surface area (Å²) in [5.41, 5.74) is 5.66. The van der Waals surface area contributed by atoms with E-state index in [2.05, 4.69) is 17.3 Å². The van der Waals surface area contributed by atoms with Gasteiger partial charge in [-0.1, -0.05) is 25.1 Å². The van der Waals surface area contributed by atoms with Crippen LogP contribution in [0.2, 0.25) is 0 Å². The molecule has 2 atom stereocenters. The van der Waals surface area contributed by atoms with Crippen LogP contribution in [-0.4, -0.2) is 17.0 Å². The lowest BCUT2D eigenvalue weighted by Gasteiger charge is -2.24. The molecule has 1 aliphatic rings. The monoisotopic (exact) mass is 368 g/mol. The highest BCUT2D eigenvalue weighted by molar-refractivity contribution is 7.18. The summed E-state index contributed by atoms with van der Waals surface area (Å²) in [6, 6.07) is 9.97. The number of aromatic nitrogens is 2. The number of nitrogens with one attached hydrogen (secondary N) is 2. The molecule has 2 heterocycles. The molecule has 3 aromatic rings. The summed E-state index contributed by atoms with van der Waals surface area (Å²) in [4.78, 5) is 22.8. The van der Waals surface area contributed by atoms with Gasteiger partial charge in [0.05, 0.1) is 17.1 Å². The Hall–Kier alpha value is -2.18. The molecule has 0 bridgehead atoms. The maximum absolute atomic E-state index is 12.7. The van der Waals surface area contributed by atoms with E-state index in [1.54, 1.807) is 11.3 Å². The molecule has 0 aliphatic heterocycles. The largest absolute Gasteiger partial charge is 0.311 e. The molecule has 4 rings (SSSR count). The van der Waals surface area contributed by atoms with E-state index in [9.17, 15) is 4.79 Å². The highest BCUT2D eigenvalue weighted by Crippen LogP contribution is 2.35. The first kappa shape index (κ1) is 17.2. The number of para-hydroxylation sites is 1. The Morgan fingerprint density at radius 1 is 1.35 bits per heavy atom. The lowest BCUT2D eigenvalue weighted by molar-refractivity contribution is 0.509. The molecule has 1 aliphatic carbocycles. The molecule has 5 nitrogen and oxygen atoms in total. The van der Waals surface area contributed by atoms with E-state index in [0.29, 0.717) is 11.7 Å². The Labute approximate surface area is 157 Å². The molecule has 6 heteroatoms. The van der Waals surface area contributed by atoms with Gasteiger partial charge in [-0.25, -0.2) is 10.4 Å². The van der Waals surface area contributed by atoms with Gasteiger partial charge in [-0.3, -0.25) is 4.79 Å². The minimum absolute atomic E-state index is 0.00642. The second kappa shape index (κ2) is 6.85. The van der Waals surface area contributed by atoms with Crippen molar-refractivity contribution in [1.82, 2.24) is 15.4 Å². The highest BCUT2D eigenvalue weighted by atomic mass is 32.1. The smallest absolute Gasteiger partial charge is 0.259 e. The van der Waals surface area contributed by atoms with Gasteiger partial charge in [0, 0.05) is 11.9 Å². The summed E-state index contributed by atoms with van der Waals surface area (Å²) in [7, 11) is 1.97. The average molecular weight is 369 g/mol. The number of fused-ring (bicyclic) bond motifs is 3. The van der Waals surface area contributed by atoms with Gasteiger partial charge in [0.15, 0.2) is 0 Å². The van der Waals surface area contributed by atoms with E-state index in [4.69, 9.17) is 4.98 Å². The second-order valence-corrected chi connectivity index (χ2v) is 8.31. The molecular formula is C20H24N4OS. The third-order valence-corrected chi connectivity index (χ3v) is 6.27. The van der Waals surface area contributed by atoms with Gasteiger partial charge in [-0.05, 0) is 49.8 Å². The van der Waals surface area contributed by atoms with E-state index < -0.39 is 0 Å². The summed E-state index contributed by atoms with van der Waals surface area (Å²) < 4.78 is 0. The number of hydrogen-bond donors (Lipinski definition) is 2. The number of hydrogen-bond acceptors (Lipinski definition) is 5. The van der Waals surface area contributed by atoms with Gasteiger partial charge in [0.2, 0.25) is 0 Å². The summed E-state index contributed by atoms with van der Waals surface area (Å²) in [6.45, 7) is 4.29. The molecule has 2 aromatic heterocycles. The van der Waals surface area contributed by atoms with Crippen molar-refractivity contribution in [3.05, 3.63) is 57.0 Å². The normalized spacial score (nSPS) is 17.9. The van der Waals surface area contributed by atoms with Crippen molar-refractivity contribution in [3.63, 3.8) is 0 Å². The molecule has 0 radical (unpaired) electrons. The highest BCUT2D eigenvalue weighted by Gasteiger charge is 2.23. The van der Waals surface area contributed by atoms with Crippen LogP contribution in [0.5, 0.6) is 0 Å². The maximum Gasteiger partial charge on any atom is 0.259 e. The number of aromatic amines is 1. The van der Waals surface area contributed by atoms with Gasteiger partial charge in [0.1, 0.15) is 10.7 Å². The minimum Gasteiger partial charge on any atom is -0.311 e. The third-order valence-electron chi connectivity index (χ3n) is 5.12. The number of rotatable bonds is 4. The fourth-order valence-electron chi connectivity index (χ4n) is 3.65. The van der Waals surface area contributed by atoms with Gasteiger partial charge >= 0.3 is 0 Å². The standard InChI is InChI=1S/C20H24N4OS/c1-12-9-10-15-16(11-12)26-20-17(15)19(25)21-18(22-20)13(2)23-24(3)14-7-5-4-6-8-14/h4-8,12-13,23H,9-11H2,1-3H3,(H,21,22,25)/t12-,13+/m0/s1. The Bertz CT molecular complexity index is 979. The quantitative estimate of drug-likeness (QED) is 0.688. The number of anilines is 1. The Balaban J connectivity index is 1.64. The van der Waals surface area contributed by atoms with Crippen LogP contribution >= 0.6 is 11.3 Å². The zero-order valence-electron chi connectivity index (χ0n) is 15.4. The molecule has 0 unspecified atom stereocenters. The zero-order chi connectivity index (χ0) is 18.3. The van der Waals surface area contributed by atoms with Crippen molar-refractivity contribution in [2.24, 2.45) is 5.92 Å². The van der Waals surface area contributed by atoms with Crippen molar-refractivity contribution in [1.29, 1.82) is 0 Å². The van der Waals surface area contributed by atoms with Gasteiger partial charge in [-0.2, -0.15) is 0 Å². The minimum atomic E-state index is -0.102. The van der Waals surface area contributed by atoms with Crippen molar-refractivity contribution in [2.45, 2.75) is 39.2 Å². The first-order valence-electron chi connectivity index (χ1n) is 9.12. The van der Waals surface area contributed by atoms with Gasteiger partial charge in [0.25, 0.3) is 5.56 Å². The van der Waals surface area contributed by atoms with Gasteiger partial charge in [-0.15, -0.1) is 11.3 Å². The van der Waals surface area contributed by atoms with Crippen LogP contribution in [-0.2, 0) is 12.8 Å². The molecule has 136 valence electrons. The summed E-state index contributed by atoms with van der Waals surface area (Å²) in [5, 5.41) is 2.76. The van der Waals surface area contributed by atoms with Crippen LogP contribution in [0, 0.1) is 5.92 Å². The topological polar surface area (TPSA) is 61.0 Å². The lowest BCUT2D eigenvalue weighted by atomic mass is 9.89. The van der Waals surface area contributed by atoms with Crippen molar-refractivity contribution >= 4 is 27.2 Å². The van der Waals surface area contributed by atoms with Crippen LogP contribution in [0.15, 0.2) is 35.1 Å². The molecule has 26 heavy (non-hydrogen) atoms. The molecule has 0 fully saturated rings. The number of thiophene rings is 1. The number of H-pyrrole nitrogens is 1. The molecule has 0 saturated carbocycles. The molecule has 0 amide bonds. The third kappa shape index (κ3) is 3.15. The van der Waals surface area contributed by atoms with Crippen LogP contribution in [0.3, 0.4) is 0 Å². The van der Waals surface area contributed by atoms with E-state index in [1.807, 2.05) is 49.3 Å². The SMILES string of the molecule is C[C@H]1CCc2c(sc3nc([C@@H](C)NN(C)c4ccccc4)[nH]c(=O)c23)C1. The first-order chi connectivity index (χ1) is 12.5. The van der Waals surface area contributed by atoms with E-state index in [1.165, 1.54) is 10.4 Å². The molecule has 2 N–H and O–H groups in total. The summed E-state index contributed by atoms with van der Waals surface area (Å²) in [6.07, 6.45) is 3.21. The van der Waals surface area contributed by atoms with Crippen molar-refractivity contribution < 1.29 is 0 Å². The predicted octanol–water partition coefficient (Wildman–Crippen LogP) is 3.81. The summed E-state index contributed by atoms with van der Waals surface area (Å²) >= 11 is 1.69. The second-order valence-electron chi connectivity index (χ2n) is 7.23. The lowest BCUT2D eigenvalue weighted by Crippen LogP contribution is -2.37. The number of hydrazine groups is 1. The van der Waals surface area contributed by atoms with Crippen LogP contribution in [0.4, 0.5) is 5.69 Å². The first-order valence-corrected chi connectivity index (χ1v) is 9.94. The fourth-order valence-corrected chi connectivity index (χ4v) is 5.04. The molecule has 0 spiro atoms. The summed E-state index contributed by atoms with van der Waals surface area (Å²) in [5.74, 6) is 1.37. The number of benzene rings is 1. The molecular weight excluding hydrogens is 344 g/mol. The van der Waals surface area contributed by atoms with Crippen molar-refractivity contribution in [2.75, 3.05) is 12.1 Å². The van der Waals surface area contributed by atoms with E-state index >= 15 is 0 Å². The molecule has 1 aromatic carbocycles. The predicted molar refractivity (Wildman–Crippen MR) is 108 cm³/mol. The van der Waals surface area contributed by atoms with Gasteiger partial charge < -0.3 is 9.99 Å². The van der Waals surface area contributed by atoms with Crippen LogP contribution in [0.1, 0.15) is 42.6 Å². The molecule has 0 saturated heterocycles. The fraction of sp³-hybridized carbons (Fsp3) is 0.400. The van der Waals surface area contributed by atoms with Crippen LogP contribution < -0.4 is 16.0 Å². The number of nitrogens with zero attached hydrogens (tertiary/aromatic N) is 2. The number of aryl methyl sites for hydroxylation is 1. The van der Waals surface area contributed by atoms with E-state index in [-0.39, 0.29) is 11.6 Å².